The van der Waals surface area contributed by atoms with Crippen molar-refractivity contribution in [2.24, 2.45) is 0 Å². The minimum atomic E-state index is -0.434. The molecular weight excluding hydrogens is 374 g/mol. The van der Waals surface area contributed by atoms with Crippen LogP contribution in [-0.2, 0) is 9.59 Å². The summed E-state index contributed by atoms with van der Waals surface area (Å²) in [6.45, 7) is 6.73. The fourth-order valence-corrected chi connectivity index (χ4v) is 4.42. The van der Waals surface area contributed by atoms with Gasteiger partial charge in [-0.05, 0) is 49.4 Å². The third kappa shape index (κ3) is 3.90. The van der Waals surface area contributed by atoms with Crippen molar-refractivity contribution in [3.8, 4) is 0 Å². The second-order valence-corrected chi connectivity index (χ2v) is 7.95. The number of likely N-dealkylation sites (N-methyl/N-ethyl adjacent to an activating group) is 1. The Bertz CT molecular complexity index is 862. The second-order valence-electron chi connectivity index (χ2n) is 6.93. The zero-order valence-electron chi connectivity index (χ0n) is 16.6. The maximum atomic E-state index is 13.1. The smallest absolute Gasteiger partial charge is 0.309 e. The Morgan fingerprint density at radius 3 is 2.75 bits per heavy atom. The number of anilines is 1. The van der Waals surface area contributed by atoms with Crippen molar-refractivity contribution in [3.63, 3.8) is 0 Å². The number of aryl methyl sites for hydroxylation is 1. The Labute approximate surface area is 169 Å². The Morgan fingerprint density at radius 1 is 1.29 bits per heavy atom. The van der Waals surface area contributed by atoms with Crippen molar-refractivity contribution in [1.82, 2.24) is 4.90 Å². The normalized spacial score (nSPS) is 18.7. The summed E-state index contributed by atoms with van der Waals surface area (Å²) in [6, 6.07) is 7.35. The number of thioether (sulfide) groups is 1. The summed E-state index contributed by atoms with van der Waals surface area (Å²) in [5, 5.41) is 1.39. The van der Waals surface area contributed by atoms with E-state index in [-0.39, 0.29) is 18.4 Å². The standard InChI is InChI=1S/C21H26N3O3S/c1-4-6-11-23-20(26)19-17(10-12-28-19)24(21(23)27)14-18(25)22(5-2)16-9-7-8-15(3)13-16/h7-10,12-13,19H,4-6,11,14H2,1-3H3/q+1. The lowest BCUT2D eigenvalue weighted by Crippen LogP contribution is -2.57. The van der Waals surface area contributed by atoms with Crippen LogP contribution in [-0.4, -0.2) is 57.9 Å². The van der Waals surface area contributed by atoms with Gasteiger partial charge in [0, 0.05) is 12.2 Å². The van der Waals surface area contributed by atoms with Crippen LogP contribution >= 0.6 is 11.8 Å². The molecule has 4 amide bonds. The first-order valence-electron chi connectivity index (χ1n) is 9.66. The molecule has 0 bridgehead atoms. The first kappa shape index (κ1) is 20.3. The number of nitrogens with zero attached hydrogens (tertiary/aromatic N) is 3. The molecule has 2 aliphatic rings. The number of amides is 4. The van der Waals surface area contributed by atoms with E-state index in [9.17, 15) is 14.4 Å². The Balaban J connectivity index is 1.88. The van der Waals surface area contributed by atoms with Gasteiger partial charge in [0.2, 0.25) is 0 Å². The van der Waals surface area contributed by atoms with Gasteiger partial charge in [-0.2, -0.15) is 14.3 Å². The molecule has 2 heterocycles. The predicted octanol–water partition coefficient (Wildman–Crippen LogP) is 3.19. The zero-order valence-corrected chi connectivity index (χ0v) is 17.4. The topological polar surface area (TPSA) is 60.7 Å². The summed E-state index contributed by atoms with van der Waals surface area (Å²) in [7, 11) is 0. The lowest BCUT2D eigenvalue weighted by atomic mass is 10.1. The summed E-state index contributed by atoms with van der Waals surface area (Å²) >= 11 is 1.39. The molecule has 0 N–H and O–H groups in total. The molecule has 0 saturated carbocycles. The minimum Gasteiger partial charge on any atom is -0.309 e. The molecule has 1 atom stereocenters. The van der Waals surface area contributed by atoms with Crippen LogP contribution in [0.4, 0.5) is 10.5 Å². The molecule has 7 heteroatoms. The Kier molecular flexibility index (Phi) is 6.34. The summed E-state index contributed by atoms with van der Waals surface area (Å²) in [4.78, 5) is 41.8. The van der Waals surface area contributed by atoms with Gasteiger partial charge in [-0.1, -0.05) is 25.5 Å². The monoisotopic (exact) mass is 400 g/mol. The van der Waals surface area contributed by atoms with E-state index >= 15 is 0 Å². The highest BCUT2D eigenvalue weighted by Gasteiger charge is 2.49. The van der Waals surface area contributed by atoms with Crippen molar-refractivity contribution in [2.75, 3.05) is 24.5 Å². The molecule has 0 aromatic heterocycles. The van der Waals surface area contributed by atoms with Gasteiger partial charge in [-0.25, -0.2) is 4.79 Å². The van der Waals surface area contributed by atoms with Crippen LogP contribution < -0.4 is 4.90 Å². The maximum Gasteiger partial charge on any atom is 0.501 e. The summed E-state index contributed by atoms with van der Waals surface area (Å²) < 4.78 is 1.47. The van der Waals surface area contributed by atoms with Crippen LogP contribution in [0.5, 0.6) is 0 Å². The zero-order chi connectivity index (χ0) is 20.3. The van der Waals surface area contributed by atoms with E-state index < -0.39 is 11.3 Å². The van der Waals surface area contributed by atoms with Crippen LogP contribution in [0.3, 0.4) is 0 Å². The molecule has 0 saturated heterocycles. The molecule has 6 nitrogen and oxygen atoms in total. The number of carbonyl (C=O) groups is 3. The molecule has 0 spiro atoms. The Hall–Kier alpha value is -2.41. The lowest BCUT2D eigenvalue weighted by molar-refractivity contribution is -0.426. The average Bonchev–Trinajstić information content (AvgIpc) is 3.16. The number of rotatable bonds is 7. The summed E-state index contributed by atoms with van der Waals surface area (Å²) in [5.74, 6) is -0.346. The number of benzene rings is 1. The van der Waals surface area contributed by atoms with E-state index in [4.69, 9.17) is 0 Å². The van der Waals surface area contributed by atoms with E-state index in [1.807, 2.05) is 50.4 Å². The van der Waals surface area contributed by atoms with E-state index in [1.54, 1.807) is 11.0 Å². The van der Waals surface area contributed by atoms with Crippen molar-refractivity contribution in [3.05, 3.63) is 41.3 Å². The van der Waals surface area contributed by atoms with Crippen molar-refractivity contribution in [1.29, 1.82) is 0 Å². The molecule has 1 unspecified atom stereocenters. The highest BCUT2D eigenvalue weighted by atomic mass is 32.2. The van der Waals surface area contributed by atoms with Gasteiger partial charge in [-0.15, -0.1) is 11.8 Å². The van der Waals surface area contributed by atoms with Gasteiger partial charge in [0.1, 0.15) is 5.71 Å². The second kappa shape index (κ2) is 8.73. The third-order valence-corrected chi connectivity index (χ3v) is 5.95. The molecule has 0 fully saturated rings. The van der Waals surface area contributed by atoms with Crippen molar-refractivity contribution < 1.29 is 19.0 Å². The number of hydrogen-bond donors (Lipinski definition) is 0. The third-order valence-electron chi connectivity index (χ3n) is 4.95. The van der Waals surface area contributed by atoms with Gasteiger partial charge in [0.15, 0.2) is 11.8 Å². The number of fused-ring (bicyclic) bond motifs is 1. The Morgan fingerprint density at radius 2 is 2.07 bits per heavy atom. The fraction of sp³-hybridized carbons (Fsp3) is 0.429. The van der Waals surface area contributed by atoms with E-state index in [1.165, 1.54) is 21.2 Å². The lowest BCUT2D eigenvalue weighted by Gasteiger charge is -2.26. The number of imide groups is 1. The molecule has 148 valence electrons. The molecule has 0 radical (unpaired) electrons. The van der Waals surface area contributed by atoms with E-state index in [0.29, 0.717) is 18.8 Å². The average molecular weight is 401 g/mol. The number of hydrogen-bond acceptors (Lipinski definition) is 4. The quantitative estimate of drug-likeness (QED) is 0.660. The molecule has 28 heavy (non-hydrogen) atoms. The van der Waals surface area contributed by atoms with Gasteiger partial charge in [-0.3, -0.25) is 4.79 Å². The highest BCUT2D eigenvalue weighted by molar-refractivity contribution is 8.04. The highest BCUT2D eigenvalue weighted by Crippen LogP contribution is 2.28. The SMILES string of the molecule is CCCCN1C(=O)C2SC=CC2=[N+](CC(=O)N(CC)c2cccc(C)c2)C1=O. The van der Waals surface area contributed by atoms with Crippen LogP contribution in [0.2, 0.25) is 0 Å². The minimum absolute atomic E-state index is 0.0761. The molecule has 0 aliphatic carbocycles. The first-order chi connectivity index (χ1) is 13.5. The molecule has 2 aliphatic heterocycles. The first-order valence-corrected chi connectivity index (χ1v) is 10.6. The van der Waals surface area contributed by atoms with E-state index in [0.717, 1.165) is 24.1 Å². The van der Waals surface area contributed by atoms with Crippen molar-refractivity contribution in [2.45, 2.75) is 38.9 Å². The van der Waals surface area contributed by atoms with Gasteiger partial charge >= 0.3 is 11.9 Å². The molecule has 1 aromatic carbocycles. The van der Waals surface area contributed by atoms with Crippen LogP contribution in [0, 0.1) is 6.92 Å². The van der Waals surface area contributed by atoms with E-state index in [2.05, 4.69) is 0 Å². The van der Waals surface area contributed by atoms with Crippen molar-refractivity contribution >= 4 is 41.0 Å². The van der Waals surface area contributed by atoms with Gasteiger partial charge < -0.3 is 4.90 Å². The summed E-state index contributed by atoms with van der Waals surface area (Å²) in [6.07, 6.45) is 3.42. The number of allylic oxidation sites excluding steroid dienone is 1. The fourth-order valence-electron chi connectivity index (χ4n) is 3.45. The predicted molar refractivity (Wildman–Crippen MR) is 112 cm³/mol. The summed E-state index contributed by atoms with van der Waals surface area (Å²) in [5.41, 5.74) is 2.49. The van der Waals surface area contributed by atoms with Crippen LogP contribution in [0.15, 0.2) is 35.7 Å². The molecule has 3 rings (SSSR count). The number of carbonyl (C=O) groups excluding carboxylic acids is 3. The maximum absolute atomic E-state index is 13.1. The molecular formula is C21H26N3O3S+. The van der Waals surface area contributed by atoms with Crippen LogP contribution in [0.25, 0.3) is 0 Å². The number of unbranched alkanes of at least 4 members (excludes halogenated alkanes) is 1. The largest absolute Gasteiger partial charge is 0.501 e. The molecule has 1 aromatic rings. The number of urea groups is 1. The van der Waals surface area contributed by atoms with Gasteiger partial charge in [0.25, 0.3) is 5.91 Å². The van der Waals surface area contributed by atoms with Crippen LogP contribution in [0.1, 0.15) is 32.3 Å². The van der Waals surface area contributed by atoms with Gasteiger partial charge in [0.05, 0.1) is 6.54 Å².